The summed E-state index contributed by atoms with van der Waals surface area (Å²) in [4.78, 5) is 32.2. The summed E-state index contributed by atoms with van der Waals surface area (Å²) < 4.78 is 0. The van der Waals surface area contributed by atoms with Gasteiger partial charge in [-0.15, -0.1) is 0 Å². The van der Waals surface area contributed by atoms with Gasteiger partial charge in [-0.05, 0) is 48.0 Å². The largest absolute Gasteiger partial charge is 0.298 e. The van der Waals surface area contributed by atoms with Crippen LogP contribution in [0.4, 0.5) is 11.5 Å². The summed E-state index contributed by atoms with van der Waals surface area (Å²) >= 11 is 6.31. The first-order valence-corrected chi connectivity index (χ1v) is 10.4. The first kappa shape index (κ1) is 19.5. The van der Waals surface area contributed by atoms with Crippen molar-refractivity contribution in [2.75, 3.05) is 4.90 Å². The minimum atomic E-state index is -0.410. The molecule has 2 aromatic carbocycles. The van der Waals surface area contributed by atoms with Gasteiger partial charge in [-0.3, -0.25) is 14.5 Å². The number of nitrogens with zero attached hydrogens (tertiary/aromatic N) is 2. The Morgan fingerprint density at radius 1 is 0.903 bits per heavy atom. The Labute approximate surface area is 185 Å². The number of rotatable bonds is 2. The number of carbonyl (C=O) groups excluding carboxylic acids is 2. The van der Waals surface area contributed by atoms with E-state index in [1.165, 1.54) is 0 Å². The van der Waals surface area contributed by atoms with Crippen LogP contribution < -0.4 is 4.90 Å². The van der Waals surface area contributed by atoms with Crippen LogP contribution in [0.1, 0.15) is 40.1 Å². The van der Waals surface area contributed by atoms with Gasteiger partial charge in [0.25, 0.3) is 0 Å². The topological polar surface area (TPSA) is 50.3 Å². The summed E-state index contributed by atoms with van der Waals surface area (Å²) in [5.41, 5.74) is 3.63. The third kappa shape index (κ3) is 2.94. The van der Waals surface area contributed by atoms with Crippen LogP contribution in [0.3, 0.4) is 0 Å². The van der Waals surface area contributed by atoms with Crippen LogP contribution in [0.15, 0.2) is 90.3 Å². The van der Waals surface area contributed by atoms with Gasteiger partial charge >= 0.3 is 0 Å². The van der Waals surface area contributed by atoms with Crippen LogP contribution in [0.2, 0.25) is 5.02 Å². The van der Waals surface area contributed by atoms with Gasteiger partial charge < -0.3 is 0 Å². The molecule has 31 heavy (non-hydrogen) atoms. The van der Waals surface area contributed by atoms with Crippen molar-refractivity contribution in [3.63, 3.8) is 0 Å². The molecule has 5 rings (SSSR count). The lowest BCUT2D eigenvalue weighted by Gasteiger charge is -2.26. The number of ketones is 2. The molecule has 0 saturated heterocycles. The number of Topliss-reactive ketones (excluding diaryl/α,β-unsaturated/α-hetero) is 2. The zero-order valence-corrected chi connectivity index (χ0v) is 17.9. The molecule has 2 aliphatic rings. The van der Waals surface area contributed by atoms with Crippen LogP contribution in [0.5, 0.6) is 0 Å². The number of hydrogen-bond donors (Lipinski definition) is 0. The summed E-state index contributed by atoms with van der Waals surface area (Å²) in [5, 5.41) is 0.656. The van der Waals surface area contributed by atoms with Crippen LogP contribution in [0, 0.1) is 0 Å². The highest BCUT2D eigenvalue weighted by Gasteiger charge is 2.41. The number of aromatic nitrogens is 1. The number of halogens is 1. The molecule has 1 aliphatic heterocycles. The van der Waals surface area contributed by atoms with Gasteiger partial charge in [-0.25, -0.2) is 4.98 Å². The van der Waals surface area contributed by atoms with E-state index in [1.807, 2.05) is 42.5 Å². The molecule has 0 unspecified atom stereocenters. The van der Waals surface area contributed by atoms with Crippen molar-refractivity contribution in [2.24, 2.45) is 0 Å². The lowest BCUT2D eigenvalue weighted by atomic mass is 9.83. The zero-order chi connectivity index (χ0) is 21.8. The average molecular weight is 427 g/mol. The quantitative estimate of drug-likeness (QED) is 0.369. The van der Waals surface area contributed by atoms with Crippen molar-refractivity contribution in [3.8, 4) is 0 Å². The van der Waals surface area contributed by atoms with Crippen molar-refractivity contribution in [1.29, 1.82) is 0 Å². The SMILES string of the molecule is CC1(C)/C(=C\C=C2C(=O)c3ccccc3C2=O)N(c2ccccn2)c2ccc(Cl)cc21. The van der Waals surface area contributed by atoms with Gasteiger partial charge in [0.05, 0.1) is 11.3 Å². The second-order valence-corrected chi connectivity index (χ2v) is 8.58. The second-order valence-electron chi connectivity index (χ2n) is 8.15. The minimum absolute atomic E-state index is 0.180. The molecule has 0 spiro atoms. The van der Waals surface area contributed by atoms with Crippen molar-refractivity contribution >= 4 is 34.7 Å². The summed E-state index contributed by atoms with van der Waals surface area (Å²) in [6.45, 7) is 4.20. The van der Waals surface area contributed by atoms with Gasteiger partial charge in [0, 0.05) is 33.5 Å². The molecule has 1 aliphatic carbocycles. The number of allylic oxidation sites excluding steroid dienone is 4. The van der Waals surface area contributed by atoms with E-state index in [2.05, 4.69) is 23.7 Å². The Morgan fingerprint density at radius 3 is 2.23 bits per heavy atom. The number of hydrogen-bond acceptors (Lipinski definition) is 4. The summed E-state index contributed by atoms with van der Waals surface area (Å²) in [6.07, 6.45) is 5.25. The Hall–Kier alpha value is -3.50. The Morgan fingerprint density at radius 2 is 1.58 bits per heavy atom. The zero-order valence-electron chi connectivity index (χ0n) is 17.1. The van der Waals surface area contributed by atoms with E-state index in [9.17, 15) is 9.59 Å². The maximum atomic E-state index is 12.8. The molecule has 4 nitrogen and oxygen atoms in total. The molecule has 152 valence electrons. The van der Waals surface area contributed by atoms with Crippen LogP contribution in [-0.2, 0) is 5.41 Å². The van der Waals surface area contributed by atoms with E-state index < -0.39 is 5.41 Å². The van der Waals surface area contributed by atoms with E-state index in [4.69, 9.17) is 11.6 Å². The predicted octanol–water partition coefficient (Wildman–Crippen LogP) is 6.05. The Bertz CT molecular complexity index is 1270. The molecule has 0 radical (unpaired) electrons. The highest BCUT2D eigenvalue weighted by Crippen LogP contribution is 2.51. The van der Waals surface area contributed by atoms with E-state index in [-0.39, 0.29) is 17.1 Å². The van der Waals surface area contributed by atoms with E-state index in [0.29, 0.717) is 16.1 Å². The number of fused-ring (bicyclic) bond motifs is 2. The monoisotopic (exact) mass is 426 g/mol. The molecule has 0 amide bonds. The van der Waals surface area contributed by atoms with Crippen molar-refractivity contribution in [2.45, 2.75) is 19.3 Å². The molecule has 1 aromatic heterocycles. The highest BCUT2D eigenvalue weighted by atomic mass is 35.5. The molecule has 0 N–H and O–H groups in total. The maximum Gasteiger partial charge on any atom is 0.197 e. The Balaban J connectivity index is 1.67. The van der Waals surface area contributed by atoms with E-state index >= 15 is 0 Å². The number of benzene rings is 2. The summed E-state index contributed by atoms with van der Waals surface area (Å²) in [6, 6.07) is 18.5. The van der Waals surface area contributed by atoms with Crippen LogP contribution >= 0.6 is 11.6 Å². The van der Waals surface area contributed by atoms with Gasteiger partial charge in [0.1, 0.15) is 5.82 Å². The average Bonchev–Trinajstić information content (AvgIpc) is 3.15. The molecule has 5 heteroatoms. The van der Waals surface area contributed by atoms with Crippen LogP contribution in [0.25, 0.3) is 0 Å². The number of carbonyl (C=O) groups is 2. The highest BCUT2D eigenvalue weighted by molar-refractivity contribution is 6.39. The normalized spacial score (nSPS) is 17.8. The van der Waals surface area contributed by atoms with Crippen molar-refractivity contribution < 1.29 is 9.59 Å². The fraction of sp³-hybridized carbons (Fsp3) is 0.115. The molecule has 0 saturated carbocycles. The number of anilines is 2. The fourth-order valence-electron chi connectivity index (χ4n) is 4.35. The molecular formula is C26H19ClN2O2. The first-order valence-electron chi connectivity index (χ1n) is 10.0. The van der Waals surface area contributed by atoms with E-state index in [0.717, 1.165) is 22.8 Å². The molecule has 2 heterocycles. The second kappa shape index (κ2) is 7.03. The van der Waals surface area contributed by atoms with Crippen LogP contribution in [-0.4, -0.2) is 16.6 Å². The minimum Gasteiger partial charge on any atom is -0.298 e. The van der Waals surface area contributed by atoms with Gasteiger partial charge in [0.15, 0.2) is 11.6 Å². The molecule has 0 bridgehead atoms. The first-order chi connectivity index (χ1) is 14.9. The third-order valence-corrected chi connectivity index (χ3v) is 6.18. The Kier molecular flexibility index (Phi) is 4.42. The molecule has 0 fully saturated rings. The van der Waals surface area contributed by atoms with Gasteiger partial charge in [-0.1, -0.05) is 55.8 Å². The predicted molar refractivity (Wildman–Crippen MR) is 122 cm³/mol. The molecule has 0 atom stereocenters. The lowest BCUT2D eigenvalue weighted by molar-refractivity contribution is 0.0989. The molecular weight excluding hydrogens is 408 g/mol. The maximum absolute atomic E-state index is 12.8. The van der Waals surface area contributed by atoms with Gasteiger partial charge in [0.2, 0.25) is 0 Å². The lowest BCUT2D eigenvalue weighted by Crippen LogP contribution is -2.23. The summed E-state index contributed by atoms with van der Waals surface area (Å²) in [7, 11) is 0. The smallest absolute Gasteiger partial charge is 0.197 e. The van der Waals surface area contributed by atoms with E-state index in [1.54, 1.807) is 36.5 Å². The standard InChI is InChI=1S/C26H19ClN2O2/c1-26(2)20-15-16(27)10-12-21(20)29(23-9-5-6-14-28-23)22(26)13-11-19-24(30)17-7-3-4-8-18(17)25(19)31/h3-15H,1-2H3/b22-13+. The molecule has 3 aromatic rings. The summed E-state index contributed by atoms with van der Waals surface area (Å²) in [5.74, 6) is 0.282. The van der Waals surface area contributed by atoms with Crippen molar-refractivity contribution in [1.82, 2.24) is 4.98 Å². The third-order valence-electron chi connectivity index (χ3n) is 5.95. The number of pyridine rings is 1. The van der Waals surface area contributed by atoms with Gasteiger partial charge in [-0.2, -0.15) is 0 Å². The fourth-order valence-corrected chi connectivity index (χ4v) is 4.52. The van der Waals surface area contributed by atoms with Crippen molar-refractivity contribution in [3.05, 3.63) is 112 Å².